The van der Waals surface area contributed by atoms with Gasteiger partial charge in [-0.15, -0.1) is 0 Å². The van der Waals surface area contributed by atoms with Crippen LogP contribution < -0.4 is 4.74 Å². The van der Waals surface area contributed by atoms with Gasteiger partial charge in [-0.3, -0.25) is 0 Å². The lowest BCUT2D eigenvalue weighted by atomic mass is 9.98. The fraction of sp³-hybridized carbons (Fsp3) is 0.0769. The van der Waals surface area contributed by atoms with Crippen LogP contribution in [0.5, 0.6) is 5.88 Å². The highest BCUT2D eigenvalue weighted by Crippen LogP contribution is 2.46. The van der Waals surface area contributed by atoms with E-state index in [1.165, 1.54) is 11.8 Å². The summed E-state index contributed by atoms with van der Waals surface area (Å²) in [5.41, 5.74) is 3.72. The van der Waals surface area contributed by atoms with Crippen LogP contribution in [0.15, 0.2) is 88.7 Å². The Balaban J connectivity index is 2.04. The average molecular weight is 477 g/mol. The van der Waals surface area contributed by atoms with Crippen LogP contribution in [0.25, 0.3) is 22.4 Å². The van der Waals surface area contributed by atoms with Gasteiger partial charge >= 0.3 is 0 Å². The van der Waals surface area contributed by atoms with E-state index in [1.807, 2.05) is 85.8 Å². The molecule has 0 fully saturated rings. The first-order valence-electron chi connectivity index (χ1n) is 9.96. The quantitative estimate of drug-likeness (QED) is 0.281. The van der Waals surface area contributed by atoms with E-state index >= 15 is 0 Å². The van der Waals surface area contributed by atoms with Crippen molar-refractivity contribution in [3.05, 3.63) is 94.5 Å². The summed E-state index contributed by atoms with van der Waals surface area (Å²) in [6, 6.07) is 27.3. The molecule has 4 aromatic rings. The summed E-state index contributed by atoms with van der Waals surface area (Å²) in [6.45, 7) is 2.28. The van der Waals surface area contributed by atoms with E-state index in [0.29, 0.717) is 28.1 Å². The topological polar surface area (TPSA) is 45.9 Å². The molecule has 6 heteroatoms. The van der Waals surface area contributed by atoms with Crippen molar-refractivity contribution in [2.75, 3.05) is 6.61 Å². The molecule has 0 unspecified atom stereocenters. The van der Waals surface area contributed by atoms with E-state index in [-0.39, 0.29) is 0 Å². The molecular weight excluding hydrogens is 459 g/mol. The Morgan fingerprint density at radius 1 is 0.875 bits per heavy atom. The molecule has 0 atom stereocenters. The highest BCUT2D eigenvalue weighted by molar-refractivity contribution is 7.99. The number of hydrogen-bond acceptors (Lipinski definition) is 4. The van der Waals surface area contributed by atoms with Crippen molar-refractivity contribution >= 4 is 35.0 Å². The summed E-state index contributed by atoms with van der Waals surface area (Å²) in [5, 5.41) is 11.4. The lowest BCUT2D eigenvalue weighted by Gasteiger charge is -2.19. The molecule has 0 aliphatic heterocycles. The van der Waals surface area contributed by atoms with E-state index in [2.05, 4.69) is 6.07 Å². The minimum Gasteiger partial charge on any atom is -0.477 e. The molecular formula is C26H18Cl2N2OS. The van der Waals surface area contributed by atoms with E-state index < -0.39 is 0 Å². The molecule has 0 bridgehead atoms. The van der Waals surface area contributed by atoms with Gasteiger partial charge in [0.25, 0.3) is 0 Å². The van der Waals surface area contributed by atoms with Crippen molar-refractivity contribution in [1.82, 2.24) is 4.98 Å². The van der Waals surface area contributed by atoms with Crippen molar-refractivity contribution in [3.8, 4) is 34.3 Å². The van der Waals surface area contributed by atoms with Crippen molar-refractivity contribution in [2.24, 2.45) is 0 Å². The first kappa shape index (κ1) is 22.2. The Kier molecular flexibility index (Phi) is 7.02. The number of nitriles is 1. The molecule has 0 aliphatic carbocycles. The molecule has 3 nitrogen and oxygen atoms in total. The molecule has 32 heavy (non-hydrogen) atoms. The van der Waals surface area contributed by atoms with Gasteiger partial charge in [0.1, 0.15) is 11.6 Å². The SMILES string of the molecule is CCOc1nc(-c2ccc(Cl)cc2)c(Sc2ccc(Cl)cc2)c(-c2ccccc2)c1C#N. The van der Waals surface area contributed by atoms with Crippen LogP contribution in [0.1, 0.15) is 12.5 Å². The number of nitrogens with zero attached hydrogens (tertiary/aromatic N) is 2. The second-order valence-electron chi connectivity index (χ2n) is 6.82. The third-order valence-corrected chi connectivity index (χ3v) is 6.34. The summed E-state index contributed by atoms with van der Waals surface area (Å²) in [7, 11) is 0. The van der Waals surface area contributed by atoms with Crippen LogP contribution in [0.3, 0.4) is 0 Å². The lowest BCUT2D eigenvalue weighted by Crippen LogP contribution is -2.03. The zero-order valence-electron chi connectivity index (χ0n) is 17.2. The summed E-state index contributed by atoms with van der Waals surface area (Å²) >= 11 is 13.8. The number of aromatic nitrogens is 1. The molecule has 0 aliphatic rings. The second-order valence-corrected chi connectivity index (χ2v) is 8.78. The van der Waals surface area contributed by atoms with Crippen molar-refractivity contribution in [1.29, 1.82) is 5.26 Å². The van der Waals surface area contributed by atoms with Gasteiger partial charge in [0.05, 0.1) is 12.3 Å². The van der Waals surface area contributed by atoms with Gasteiger partial charge in [-0.1, -0.05) is 77.4 Å². The van der Waals surface area contributed by atoms with Gasteiger partial charge in [0, 0.05) is 31.0 Å². The zero-order valence-corrected chi connectivity index (χ0v) is 19.5. The number of rotatable bonds is 6. The highest BCUT2D eigenvalue weighted by Gasteiger charge is 2.24. The van der Waals surface area contributed by atoms with E-state index in [0.717, 1.165) is 32.2 Å². The predicted octanol–water partition coefficient (Wildman–Crippen LogP) is 8.14. The van der Waals surface area contributed by atoms with Crippen LogP contribution in [0, 0.1) is 11.3 Å². The van der Waals surface area contributed by atoms with Crippen LogP contribution in [-0.2, 0) is 0 Å². The Hall–Kier alpha value is -2.97. The van der Waals surface area contributed by atoms with Gasteiger partial charge in [0.2, 0.25) is 5.88 Å². The molecule has 0 N–H and O–H groups in total. The molecule has 0 saturated heterocycles. The Labute approximate surface area is 201 Å². The smallest absolute Gasteiger partial charge is 0.232 e. The third kappa shape index (κ3) is 4.76. The number of pyridine rings is 1. The van der Waals surface area contributed by atoms with Crippen molar-refractivity contribution in [2.45, 2.75) is 16.7 Å². The minimum atomic E-state index is 0.319. The average Bonchev–Trinajstić information content (AvgIpc) is 2.82. The third-order valence-electron chi connectivity index (χ3n) is 4.73. The second kappa shape index (κ2) is 10.1. The molecule has 1 aromatic heterocycles. The van der Waals surface area contributed by atoms with Gasteiger partial charge in [0.15, 0.2) is 0 Å². The Bertz CT molecular complexity index is 1270. The molecule has 3 aromatic carbocycles. The van der Waals surface area contributed by atoms with Gasteiger partial charge < -0.3 is 4.74 Å². The minimum absolute atomic E-state index is 0.319. The van der Waals surface area contributed by atoms with Crippen LogP contribution in [0.4, 0.5) is 0 Å². The first-order valence-corrected chi connectivity index (χ1v) is 11.5. The molecule has 4 rings (SSSR count). The lowest BCUT2D eigenvalue weighted by molar-refractivity contribution is 0.326. The fourth-order valence-electron chi connectivity index (χ4n) is 3.30. The Morgan fingerprint density at radius 3 is 2.09 bits per heavy atom. The van der Waals surface area contributed by atoms with Crippen molar-refractivity contribution in [3.63, 3.8) is 0 Å². The molecule has 0 radical (unpaired) electrons. The van der Waals surface area contributed by atoms with E-state index in [1.54, 1.807) is 0 Å². The molecule has 158 valence electrons. The predicted molar refractivity (Wildman–Crippen MR) is 132 cm³/mol. The summed E-state index contributed by atoms with van der Waals surface area (Å²) in [6.07, 6.45) is 0. The van der Waals surface area contributed by atoms with E-state index in [9.17, 15) is 5.26 Å². The number of halogens is 2. The Morgan fingerprint density at radius 2 is 1.50 bits per heavy atom. The fourth-order valence-corrected chi connectivity index (χ4v) is 4.64. The summed E-state index contributed by atoms with van der Waals surface area (Å²) in [4.78, 5) is 6.64. The van der Waals surface area contributed by atoms with E-state index in [4.69, 9.17) is 32.9 Å². The number of ether oxygens (including phenoxy) is 1. The maximum atomic E-state index is 10.1. The van der Waals surface area contributed by atoms with Crippen molar-refractivity contribution < 1.29 is 4.74 Å². The highest BCUT2D eigenvalue weighted by atomic mass is 35.5. The van der Waals surface area contributed by atoms with Crippen LogP contribution in [0.2, 0.25) is 10.0 Å². The maximum absolute atomic E-state index is 10.1. The first-order chi connectivity index (χ1) is 15.6. The zero-order chi connectivity index (χ0) is 22.5. The largest absolute Gasteiger partial charge is 0.477 e. The molecule has 0 amide bonds. The van der Waals surface area contributed by atoms with Gasteiger partial charge in [-0.25, -0.2) is 4.98 Å². The number of hydrogen-bond donors (Lipinski definition) is 0. The van der Waals surface area contributed by atoms with Crippen LogP contribution >= 0.6 is 35.0 Å². The monoisotopic (exact) mass is 476 g/mol. The molecule has 0 saturated carbocycles. The van der Waals surface area contributed by atoms with Crippen LogP contribution in [-0.4, -0.2) is 11.6 Å². The van der Waals surface area contributed by atoms with Gasteiger partial charge in [-0.2, -0.15) is 5.26 Å². The number of benzene rings is 3. The standard InChI is InChI=1S/C26H18Cl2N2OS/c1-2-31-26-22(16-29)23(17-6-4-3-5-7-17)25(32-21-14-12-20(28)13-15-21)24(30-26)18-8-10-19(27)11-9-18/h3-15H,2H2,1H3. The molecule has 0 spiro atoms. The summed E-state index contributed by atoms with van der Waals surface area (Å²) in [5.74, 6) is 0.319. The maximum Gasteiger partial charge on any atom is 0.232 e. The van der Waals surface area contributed by atoms with Gasteiger partial charge in [-0.05, 0) is 48.9 Å². The molecule has 1 heterocycles. The normalized spacial score (nSPS) is 10.6. The summed E-state index contributed by atoms with van der Waals surface area (Å²) < 4.78 is 5.81.